The van der Waals surface area contributed by atoms with Crippen molar-refractivity contribution in [2.75, 3.05) is 13.1 Å². The van der Waals surface area contributed by atoms with Gasteiger partial charge in [-0.05, 0) is 78.5 Å². The summed E-state index contributed by atoms with van der Waals surface area (Å²) in [5.41, 5.74) is 10.9. The first kappa shape index (κ1) is 31.3. The number of benzene rings is 3. The molecule has 2 N–H and O–H groups in total. The van der Waals surface area contributed by atoms with Crippen LogP contribution in [-0.2, 0) is 16.1 Å². The third-order valence-electron chi connectivity index (χ3n) is 8.24. The van der Waals surface area contributed by atoms with Crippen LogP contribution in [0.15, 0.2) is 77.0 Å². The van der Waals surface area contributed by atoms with Crippen LogP contribution < -0.4 is 5.73 Å². The summed E-state index contributed by atoms with van der Waals surface area (Å²) in [6.07, 6.45) is 2.50. The smallest absolute Gasteiger partial charge is 0.333 e. The molecule has 3 aromatic carbocycles. The van der Waals surface area contributed by atoms with Crippen LogP contribution in [0.3, 0.4) is 0 Å². The van der Waals surface area contributed by atoms with Gasteiger partial charge in [0.05, 0.1) is 0 Å². The van der Waals surface area contributed by atoms with Crippen molar-refractivity contribution in [1.82, 2.24) is 4.90 Å². The van der Waals surface area contributed by atoms with Crippen LogP contribution >= 0.6 is 0 Å². The third-order valence-corrected chi connectivity index (χ3v) is 8.24. The van der Waals surface area contributed by atoms with Crippen molar-refractivity contribution in [3.8, 4) is 11.1 Å². The number of primary amides is 1. The first-order chi connectivity index (χ1) is 21.8. The summed E-state index contributed by atoms with van der Waals surface area (Å²) < 4.78 is 0. The standard InChI is InChI=1S/C35H36N4O6/c1-3-30(37-44-34(36)42)32(40)23-13-15-25-27(19-22-11-7-5-8-12-22)26-16-14-24(21-29(26)28(25)20-23)33(41)31(4-2)38-45-35(43)39-17-9-6-10-18-39/h5,7-8,11-16,20-21,27H,3-4,6,9-10,17-19H2,1-2H3,(H2,36,42)/b37-30+,38-31+. The first-order valence-electron chi connectivity index (χ1n) is 15.3. The Balaban J connectivity index is 1.49. The predicted molar refractivity (Wildman–Crippen MR) is 171 cm³/mol. The molecule has 1 aliphatic heterocycles. The summed E-state index contributed by atoms with van der Waals surface area (Å²) in [4.78, 5) is 61.9. The molecule has 1 saturated heterocycles. The van der Waals surface area contributed by atoms with E-state index in [0.717, 1.165) is 53.5 Å². The average Bonchev–Trinajstić information content (AvgIpc) is 3.37. The summed E-state index contributed by atoms with van der Waals surface area (Å²) in [7, 11) is 0. The van der Waals surface area contributed by atoms with Gasteiger partial charge in [0.15, 0.2) is 0 Å². The zero-order valence-electron chi connectivity index (χ0n) is 25.5. The largest absolute Gasteiger partial charge is 0.435 e. The van der Waals surface area contributed by atoms with Crippen LogP contribution in [0, 0.1) is 0 Å². The zero-order valence-corrected chi connectivity index (χ0v) is 25.5. The Morgan fingerprint density at radius 2 is 1.29 bits per heavy atom. The van der Waals surface area contributed by atoms with E-state index in [9.17, 15) is 19.2 Å². The van der Waals surface area contributed by atoms with Gasteiger partial charge in [-0.15, -0.1) is 0 Å². The van der Waals surface area contributed by atoms with Gasteiger partial charge in [-0.1, -0.05) is 78.8 Å². The fraction of sp³-hybridized carbons (Fsp3) is 0.314. The minimum Gasteiger partial charge on any atom is -0.333 e. The van der Waals surface area contributed by atoms with Gasteiger partial charge < -0.3 is 10.6 Å². The maximum Gasteiger partial charge on any atom is 0.435 e. The molecular formula is C35H36N4O6. The molecule has 0 spiro atoms. The Morgan fingerprint density at radius 1 is 0.756 bits per heavy atom. The number of fused-ring (bicyclic) bond motifs is 3. The number of rotatable bonds is 10. The van der Waals surface area contributed by atoms with Crippen LogP contribution in [-0.4, -0.2) is 53.2 Å². The number of nitrogens with zero attached hydrogens (tertiary/aromatic N) is 3. The molecular weight excluding hydrogens is 572 g/mol. The molecule has 0 saturated carbocycles. The number of nitrogens with two attached hydrogens (primary N) is 1. The molecule has 10 heteroatoms. The second-order valence-electron chi connectivity index (χ2n) is 11.1. The van der Waals surface area contributed by atoms with Crippen molar-refractivity contribution < 1.29 is 28.9 Å². The van der Waals surface area contributed by atoms with Gasteiger partial charge >= 0.3 is 12.2 Å². The number of likely N-dealkylation sites (tertiary alicyclic amines) is 1. The Labute approximate surface area is 261 Å². The highest BCUT2D eigenvalue weighted by molar-refractivity contribution is 6.46. The lowest BCUT2D eigenvalue weighted by atomic mass is 9.89. The Morgan fingerprint density at radius 3 is 1.80 bits per heavy atom. The van der Waals surface area contributed by atoms with Crippen LogP contribution in [0.1, 0.15) is 89.3 Å². The van der Waals surface area contributed by atoms with E-state index in [4.69, 9.17) is 10.6 Å². The van der Waals surface area contributed by atoms with Gasteiger partial charge in [0.1, 0.15) is 11.4 Å². The molecule has 0 radical (unpaired) electrons. The Bertz CT molecular complexity index is 1670. The second kappa shape index (κ2) is 14.1. The number of hydrogen-bond acceptors (Lipinski definition) is 8. The third kappa shape index (κ3) is 7.01. The highest BCUT2D eigenvalue weighted by Crippen LogP contribution is 2.47. The van der Waals surface area contributed by atoms with Crippen LogP contribution in [0.4, 0.5) is 9.59 Å². The fourth-order valence-electron chi connectivity index (χ4n) is 5.90. The van der Waals surface area contributed by atoms with Gasteiger partial charge in [-0.2, -0.15) is 0 Å². The molecule has 2 amide bonds. The SMILES string of the molecule is CC/C(=N\OC(N)=O)C(=O)c1ccc2c(c1)-c1cc(C(=O)/C(CC)=N/OC(=O)N3CCCCC3)ccc1C2Cc1ccccc1. The van der Waals surface area contributed by atoms with Gasteiger partial charge in [-0.25, -0.2) is 9.59 Å². The van der Waals surface area contributed by atoms with Crippen LogP contribution in [0.2, 0.25) is 0 Å². The maximum absolute atomic E-state index is 13.6. The van der Waals surface area contributed by atoms with Gasteiger partial charge in [-0.3, -0.25) is 19.3 Å². The van der Waals surface area contributed by atoms with Gasteiger partial charge in [0, 0.05) is 30.1 Å². The van der Waals surface area contributed by atoms with E-state index >= 15 is 0 Å². The molecule has 1 heterocycles. The molecule has 1 aliphatic carbocycles. The number of Topliss-reactive ketones (excluding diaryl/α,β-unsaturated/α-hetero) is 2. The lowest BCUT2D eigenvalue weighted by Gasteiger charge is -2.24. The number of amides is 2. The normalized spacial score (nSPS) is 16.0. The minimum absolute atomic E-state index is 0.00646. The van der Waals surface area contributed by atoms with Crippen molar-refractivity contribution in [2.45, 2.75) is 58.3 Å². The first-order valence-corrected chi connectivity index (χ1v) is 15.3. The van der Waals surface area contributed by atoms with Crippen molar-refractivity contribution in [3.63, 3.8) is 0 Å². The molecule has 1 unspecified atom stereocenters. The van der Waals surface area contributed by atoms with E-state index in [1.807, 2.05) is 36.4 Å². The molecule has 0 bridgehead atoms. The Kier molecular flexibility index (Phi) is 9.82. The fourth-order valence-corrected chi connectivity index (χ4v) is 5.90. The van der Waals surface area contributed by atoms with Gasteiger partial charge in [0.2, 0.25) is 11.6 Å². The quantitative estimate of drug-likeness (QED) is 0.118. The van der Waals surface area contributed by atoms with E-state index < -0.39 is 18.0 Å². The lowest BCUT2D eigenvalue weighted by Crippen LogP contribution is -2.35. The number of carbonyl (C=O) groups is 4. The summed E-state index contributed by atoms with van der Waals surface area (Å²) in [5, 5.41) is 7.62. The van der Waals surface area contributed by atoms with Crippen molar-refractivity contribution in [1.29, 1.82) is 0 Å². The second-order valence-corrected chi connectivity index (χ2v) is 11.1. The van der Waals surface area contributed by atoms with Crippen molar-refractivity contribution in [2.24, 2.45) is 16.0 Å². The minimum atomic E-state index is -1.10. The molecule has 0 aromatic heterocycles. The van der Waals surface area contributed by atoms with Crippen molar-refractivity contribution >= 4 is 35.2 Å². The van der Waals surface area contributed by atoms with E-state index in [1.54, 1.807) is 36.9 Å². The number of ketones is 2. The summed E-state index contributed by atoms with van der Waals surface area (Å²) in [6.45, 7) is 4.75. The van der Waals surface area contributed by atoms with Crippen LogP contribution in [0.5, 0.6) is 0 Å². The number of hydrogen-bond donors (Lipinski definition) is 1. The molecule has 232 valence electrons. The van der Waals surface area contributed by atoms with Crippen LogP contribution in [0.25, 0.3) is 11.1 Å². The maximum atomic E-state index is 13.6. The number of oxime groups is 2. The highest BCUT2D eigenvalue weighted by atomic mass is 16.7. The topological polar surface area (TPSA) is 141 Å². The lowest BCUT2D eigenvalue weighted by molar-refractivity contribution is 0.0956. The van der Waals surface area contributed by atoms with E-state index in [0.29, 0.717) is 24.2 Å². The summed E-state index contributed by atoms with van der Waals surface area (Å²) in [5.74, 6) is -0.734. The van der Waals surface area contributed by atoms with Crippen molar-refractivity contribution in [3.05, 3.63) is 94.5 Å². The highest BCUT2D eigenvalue weighted by Gasteiger charge is 2.31. The average molecular weight is 609 g/mol. The number of carbonyl (C=O) groups excluding carboxylic acids is 4. The summed E-state index contributed by atoms with van der Waals surface area (Å²) in [6, 6.07) is 21.1. The molecule has 3 aromatic rings. The molecule has 1 atom stereocenters. The van der Waals surface area contributed by atoms with E-state index in [1.165, 1.54) is 0 Å². The molecule has 5 rings (SSSR count). The monoisotopic (exact) mass is 608 g/mol. The van der Waals surface area contributed by atoms with E-state index in [2.05, 4.69) is 27.3 Å². The van der Waals surface area contributed by atoms with Gasteiger partial charge in [0.25, 0.3) is 0 Å². The molecule has 2 aliphatic rings. The molecule has 45 heavy (non-hydrogen) atoms. The molecule has 1 fully saturated rings. The zero-order chi connectivity index (χ0) is 31.9. The number of piperidine rings is 1. The molecule has 10 nitrogen and oxygen atoms in total. The predicted octanol–water partition coefficient (Wildman–Crippen LogP) is 6.66. The Hall–Kier alpha value is -5.12. The summed E-state index contributed by atoms with van der Waals surface area (Å²) >= 11 is 0. The van der Waals surface area contributed by atoms with E-state index in [-0.39, 0.29) is 36.0 Å².